The molecule has 6 nitrogen and oxygen atoms in total. The van der Waals surface area contributed by atoms with Crippen LogP contribution in [0.1, 0.15) is 54.5 Å². The van der Waals surface area contributed by atoms with Crippen molar-refractivity contribution in [2.75, 3.05) is 57.4 Å². The molecule has 6 rings (SSSR count). The smallest absolute Gasteiger partial charge is 0.222 e. The van der Waals surface area contributed by atoms with Gasteiger partial charge >= 0.3 is 0 Å². The maximum absolute atomic E-state index is 6.59. The Labute approximate surface area is 268 Å². The monoisotopic (exact) mass is 606 g/mol. The van der Waals surface area contributed by atoms with E-state index in [1.807, 2.05) is 32.3 Å². The summed E-state index contributed by atoms with van der Waals surface area (Å²) in [6.07, 6.45) is 1.99. The maximum atomic E-state index is 6.59. The molecule has 2 aliphatic heterocycles. The molecule has 0 amide bonds. The second kappa shape index (κ2) is 13.0. The fourth-order valence-corrected chi connectivity index (χ4v) is 6.12. The lowest BCUT2D eigenvalue weighted by Gasteiger charge is -2.44. The van der Waals surface area contributed by atoms with E-state index in [9.17, 15) is 0 Å². The molecule has 0 aromatic heterocycles. The van der Waals surface area contributed by atoms with Gasteiger partial charge in [-0.15, -0.1) is 0 Å². The molecule has 2 fully saturated rings. The Kier molecular flexibility index (Phi) is 9.03. The van der Waals surface area contributed by atoms with Crippen molar-refractivity contribution in [1.29, 1.82) is 0 Å². The van der Waals surface area contributed by atoms with Gasteiger partial charge in [0.15, 0.2) is 0 Å². The van der Waals surface area contributed by atoms with Gasteiger partial charge in [-0.3, -0.25) is 0 Å². The Morgan fingerprint density at radius 2 is 0.978 bits per heavy atom. The van der Waals surface area contributed by atoms with Gasteiger partial charge in [0, 0.05) is 66.7 Å². The molecule has 0 saturated carbocycles. The van der Waals surface area contributed by atoms with Gasteiger partial charge in [-0.05, 0) is 42.7 Å². The van der Waals surface area contributed by atoms with Crippen LogP contribution in [0.2, 0.25) is 0 Å². The first-order chi connectivity index (χ1) is 21.7. The van der Waals surface area contributed by atoms with Gasteiger partial charge < -0.3 is 28.7 Å². The number of hydrogen-bond donors (Lipinski definition) is 0. The van der Waals surface area contributed by atoms with Gasteiger partial charge in [-0.25, -0.2) is 0 Å². The quantitative estimate of drug-likeness (QED) is 0.205. The second-order valence-electron chi connectivity index (χ2n) is 13.3. The van der Waals surface area contributed by atoms with Crippen molar-refractivity contribution in [3.8, 4) is 0 Å². The van der Waals surface area contributed by atoms with E-state index in [1.165, 1.54) is 5.56 Å². The highest BCUT2D eigenvalue weighted by Crippen LogP contribution is 2.42. The predicted molar refractivity (Wildman–Crippen MR) is 181 cm³/mol. The highest BCUT2D eigenvalue weighted by molar-refractivity contribution is 5.51. The van der Waals surface area contributed by atoms with E-state index < -0.39 is 11.6 Å². The van der Waals surface area contributed by atoms with Crippen LogP contribution >= 0.6 is 0 Å². The zero-order valence-corrected chi connectivity index (χ0v) is 27.3. The molecule has 0 aliphatic carbocycles. The van der Waals surface area contributed by atoms with Crippen LogP contribution in [0.4, 0.5) is 11.4 Å². The van der Waals surface area contributed by atoms with Crippen LogP contribution < -0.4 is 9.80 Å². The topological polar surface area (TPSA) is 43.4 Å². The largest absolute Gasteiger partial charge is 0.378 e. The van der Waals surface area contributed by atoms with E-state index in [0.717, 1.165) is 53.0 Å². The third-order valence-corrected chi connectivity index (χ3v) is 8.84. The Morgan fingerprint density at radius 3 is 1.49 bits per heavy atom. The Balaban J connectivity index is 1.21. The normalized spacial score (nSPS) is 19.0. The Hall–Kier alpha value is -3.68. The van der Waals surface area contributed by atoms with Crippen molar-refractivity contribution in [3.05, 3.63) is 131 Å². The van der Waals surface area contributed by atoms with Gasteiger partial charge in [-0.2, -0.15) is 0 Å². The molecular formula is C39H46N2O4. The van der Waals surface area contributed by atoms with E-state index in [1.54, 1.807) is 0 Å². The minimum atomic E-state index is -0.933. The van der Waals surface area contributed by atoms with E-state index >= 15 is 0 Å². The number of benzene rings is 4. The number of anilines is 2. The first-order valence-corrected chi connectivity index (χ1v) is 16.0. The van der Waals surface area contributed by atoms with Crippen LogP contribution in [0, 0.1) is 5.41 Å². The van der Waals surface area contributed by atoms with Gasteiger partial charge in [0.1, 0.15) is 0 Å². The summed E-state index contributed by atoms with van der Waals surface area (Å²) < 4.78 is 26.0. The molecule has 45 heavy (non-hydrogen) atoms. The van der Waals surface area contributed by atoms with Crippen molar-refractivity contribution in [2.24, 2.45) is 5.41 Å². The second-order valence-corrected chi connectivity index (χ2v) is 13.3. The summed E-state index contributed by atoms with van der Waals surface area (Å²) in [6.45, 7) is 7.68. The minimum absolute atomic E-state index is 0.0412. The molecular weight excluding hydrogens is 560 g/mol. The van der Waals surface area contributed by atoms with Gasteiger partial charge in [-0.1, -0.05) is 92.7 Å². The fraction of sp³-hybridized carbons (Fsp3) is 0.385. The summed E-state index contributed by atoms with van der Waals surface area (Å²) in [5.41, 5.74) is 7.46. The summed E-state index contributed by atoms with van der Waals surface area (Å²) >= 11 is 0. The molecule has 6 heteroatoms. The van der Waals surface area contributed by atoms with Crippen LogP contribution in [0.25, 0.3) is 0 Å². The highest BCUT2D eigenvalue weighted by Gasteiger charge is 2.44. The van der Waals surface area contributed by atoms with Crippen molar-refractivity contribution >= 4 is 11.4 Å². The van der Waals surface area contributed by atoms with Gasteiger partial charge in [0.05, 0.1) is 26.4 Å². The van der Waals surface area contributed by atoms with Gasteiger partial charge in [0.25, 0.3) is 0 Å². The molecule has 4 aromatic carbocycles. The molecule has 2 heterocycles. The van der Waals surface area contributed by atoms with E-state index in [0.29, 0.717) is 26.4 Å². The number of rotatable bonds is 8. The Bertz CT molecular complexity index is 1520. The molecule has 2 aliphatic rings. The van der Waals surface area contributed by atoms with E-state index in [-0.39, 0.29) is 5.41 Å². The van der Waals surface area contributed by atoms with Crippen molar-refractivity contribution in [3.63, 3.8) is 0 Å². The molecule has 0 atom stereocenters. The zero-order valence-electron chi connectivity index (χ0n) is 27.3. The van der Waals surface area contributed by atoms with Crippen LogP contribution in [-0.2, 0) is 37.1 Å². The third kappa shape index (κ3) is 6.52. The fourth-order valence-electron chi connectivity index (χ4n) is 6.12. The molecule has 0 unspecified atom stereocenters. The summed E-state index contributed by atoms with van der Waals surface area (Å²) in [5, 5.41) is 0. The molecule has 2 saturated heterocycles. The molecule has 0 radical (unpaired) electrons. The predicted octanol–water partition coefficient (Wildman–Crippen LogP) is 7.69. The van der Waals surface area contributed by atoms with E-state index in [2.05, 4.69) is 116 Å². The minimum Gasteiger partial charge on any atom is -0.378 e. The van der Waals surface area contributed by atoms with Crippen LogP contribution in [0.15, 0.2) is 103 Å². The molecule has 4 aromatic rings. The van der Waals surface area contributed by atoms with Crippen LogP contribution in [-0.4, -0.2) is 47.6 Å². The lowest BCUT2D eigenvalue weighted by molar-refractivity contribution is -0.284. The molecule has 0 bridgehead atoms. The number of ether oxygens (including phenoxy) is 4. The average molecular weight is 607 g/mol. The average Bonchev–Trinajstić information content (AvgIpc) is 3.33. The van der Waals surface area contributed by atoms with Crippen LogP contribution in [0.5, 0.6) is 0 Å². The maximum Gasteiger partial charge on any atom is 0.222 e. The zero-order chi connectivity index (χ0) is 31.5. The van der Waals surface area contributed by atoms with E-state index in [4.69, 9.17) is 18.9 Å². The molecule has 0 N–H and O–H groups in total. The Morgan fingerprint density at radius 1 is 0.533 bits per heavy atom. The summed E-state index contributed by atoms with van der Waals surface area (Å²) in [6, 6.07) is 36.0. The third-order valence-electron chi connectivity index (χ3n) is 8.84. The SMILES string of the molecule is CN(C)c1ccc(C2(c3ccc(CN(C)c4ccc(C5(c6ccccc6)OCCCCO5)cc4)cc3)OCC(C)(C)CO2)cc1. The first kappa shape index (κ1) is 31.3. The highest BCUT2D eigenvalue weighted by atomic mass is 16.7. The lowest BCUT2D eigenvalue weighted by Crippen LogP contribution is -2.46. The van der Waals surface area contributed by atoms with Crippen molar-refractivity contribution in [2.45, 2.75) is 44.8 Å². The molecule has 0 spiro atoms. The van der Waals surface area contributed by atoms with Crippen molar-refractivity contribution in [1.82, 2.24) is 0 Å². The number of hydrogen-bond acceptors (Lipinski definition) is 6. The van der Waals surface area contributed by atoms with Crippen molar-refractivity contribution < 1.29 is 18.9 Å². The summed E-state index contributed by atoms with van der Waals surface area (Å²) in [5.74, 6) is -1.82. The van der Waals surface area contributed by atoms with Gasteiger partial charge in [0.2, 0.25) is 11.6 Å². The summed E-state index contributed by atoms with van der Waals surface area (Å²) in [7, 11) is 6.22. The van der Waals surface area contributed by atoms with Crippen LogP contribution in [0.3, 0.4) is 0 Å². The number of nitrogens with zero attached hydrogens (tertiary/aromatic N) is 2. The standard InChI is InChI=1S/C39H46N2O4/c1-37(2)28-44-39(45-29-37,34-17-21-35(22-18-34)40(3)4)32-15-13-30(14-16-32)27-41(5)36-23-19-33(20-24-36)38(31-11-7-6-8-12-31)42-25-9-10-26-43-38/h6-8,11-24H,9-10,25-29H2,1-5H3. The first-order valence-electron chi connectivity index (χ1n) is 16.0. The lowest BCUT2D eigenvalue weighted by atomic mass is 9.90. The summed E-state index contributed by atoms with van der Waals surface area (Å²) in [4.78, 5) is 4.36. The molecule has 236 valence electrons.